The van der Waals surface area contributed by atoms with Crippen LogP contribution in [-0.2, 0) is 9.59 Å². The minimum atomic E-state index is 0.0192. The van der Waals surface area contributed by atoms with Gasteiger partial charge >= 0.3 is 0 Å². The molecule has 1 fully saturated rings. The predicted molar refractivity (Wildman–Crippen MR) is 80.4 cm³/mol. The summed E-state index contributed by atoms with van der Waals surface area (Å²) in [4.78, 5) is 24.4. The van der Waals surface area contributed by atoms with Gasteiger partial charge in [0.15, 0.2) is 11.6 Å². The molecule has 3 heteroatoms. The molecule has 3 nitrogen and oxygen atoms in total. The van der Waals surface area contributed by atoms with E-state index in [0.717, 1.165) is 19.5 Å². The summed E-state index contributed by atoms with van der Waals surface area (Å²) < 4.78 is 0. The molecule has 0 aromatic rings. The number of Topliss-reactive ketones (excluding diaryl/α,β-unsaturated/α-hetero) is 2. The van der Waals surface area contributed by atoms with Crippen molar-refractivity contribution in [2.45, 2.75) is 40.5 Å². The molecular formula is C17H23NO2. The first-order valence-electron chi connectivity index (χ1n) is 7.27. The van der Waals surface area contributed by atoms with Crippen LogP contribution in [0.1, 0.15) is 40.5 Å². The Labute approximate surface area is 120 Å². The molecule has 0 aromatic carbocycles. The zero-order valence-corrected chi connectivity index (χ0v) is 12.8. The standard InChI is InChI=1S/C17H23NO2/c1-10(14-7-8-18-9-14)5-6-15-13(4)16(19)11(2)12(3)17(15)20/h5,14,18H,6-9H2,1-4H3/b10-5+. The van der Waals surface area contributed by atoms with E-state index in [1.165, 1.54) is 5.57 Å². The number of rotatable bonds is 3. The van der Waals surface area contributed by atoms with E-state index in [1.807, 2.05) is 0 Å². The highest BCUT2D eigenvalue weighted by Crippen LogP contribution is 2.27. The van der Waals surface area contributed by atoms with E-state index >= 15 is 0 Å². The van der Waals surface area contributed by atoms with Crippen LogP contribution in [-0.4, -0.2) is 24.7 Å². The Morgan fingerprint density at radius 1 is 1.15 bits per heavy atom. The number of hydrogen-bond donors (Lipinski definition) is 1. The van der Waals surface area contributed by atoms with Crippen LogP contribution in [0.25, 0.3) is 0 Å². The number of ketones is 2. The quantitative estimate of drug-likeness (QED) is 0.635. The average Bonchev–Trinajstić information content (AvgIpc) is 2.97. The van der Waals surface area contributed by atoms with E-state index in [9.17, 15) is 9.59 Å². The fraction of sp³-hybridized carbons (Fsp3) is 0.529. The number of hydrogen-bond acceptors (Lipinski definition) is 3. The molecule has 108 valence electrons. The third-order valence-electron chi connectivity index (χ3n) is 4.64. The lowest BCUT2D eigenvalue weighted by atomic mass is 9.84. The van der Waals surface area contributed by atoms with Gasteiger partial charge in [0.25, 0.3) is 0 Å². The van der Waals surface area contributed by atoms with Gasteiger partial charge in [-0.05, 0) is 53.0 Å². The lowest BCUT2D eigenvalue weighted by molar-refractivity contribution is -0.116. The second kappa shape index (κ2) is 5.88. The van der Waals surface area contributed by atoms with Gasteiger partial charge in [0.1, 0.15) is 0 Å². The van der Waals surface area contributed by atoms with Crippen molar-refractivity contribution in [1.29, 1.82) is 0 Å². The first-order valence-corrected chi connectivity index (χ1v) is 7.27. The smallest absolute Gasteiger partial charge is 0.185 e. The van der Waals surface area contributed by atoms with Crippen molar-refractivity contribution in [3.05, 3.63) is 33.9 Å². The zero-order chi connectivity index (χ0) is 14.9. The Morgan fingerprint density at radius 2 is 1.80 bits per heavy atom. The first-order chi connectivity index (χ1) is 9.43. The van der Waals surface area contributed by atoms with Gasteiger partial charge in [-0.15, -0.1) is 0 Å². The van der Waals surface area contributed by atoms with E-state index in [1.54, 1.807) is 20.8 Å². The monoisotopic (exact) mass is 273 g/mol. The average molecular weight is 273 g/mol. The molecule has 0 aromatic heterocycles. The van der Waals surface area contributed by atoms with Crippen molar-refractivity contribution in [3.63, 3.8) is 0 Å². The molecule has 1 heterocycles. The van der Waals surface area contributed by atoms with Gasteiger partial charge < -0.3 is 5.32 Å². The van der Waals surface area contributed by atoms with Gasteiger partial charge in [0, 0.05) is 28.8 Å². The molecule has 0 saturated carbocycles. The second-order valence-corrected chi connectivity index (χ2v) is 5.85. The van der Waals surface area contributed by atoms with Crippen molar-refractivity contribution >= 4 is 11.6 Å². The lowest BCUT2D eigenvalue weighted by Crippen LogP contribution is -2.20. The fourth-order valence-electron chi connectivity index (χ4n) is 2.87. The van der Waals surface area contributed by atoms with Gasteiger partial charge in [-0.1, -0.05) is 11.6 Å². The Hall–Kier alpha value is -1.48. The highest BCUT2D eigenvalue weighted by Gasteiger charge is 2.27. The summed E-state index contributed by atoms with van der Waals surface area (Å²) in [6.45, 7) is 9.46. The molecule has 0 radical (unpaired) electrons. The van der Waals surface area contributed by atoms with Crippen molar-refractivity contribution in [2.24, 2.45) is 5.92 Å². The molecule has 0 amide bonds. The first kappa shape index (κ1) is 14.9. The van der Waals surface area contributed by atoms with Crippen LogP contribution in [0.2, 0.25) is 0 Å². The molecule has 2 aliphatic rings. The lowest BCUT2D eigenvalue weighted by Gasteiger charge is -2.18. The van der Waals surface area contributed by atoms with Crippen molar-refractivity contribution < 1.29 is 9.59 Å². The Kier molecular flexibility index (Phi) is 4.39. The second-order valence-electron chi connectivity index (χ2n) is 5.85. The van der Waals surface area contributed by atoms with Crippen LogP contribution in [0.4, 0.5) is 0 Å². The third-order valence-corrected chi connectivity index (χ3v) is 4.64. The number of allylic oxidation sites excluding steroid dienone is 5. The van der Waals surface area contributed by atoms with Crippen LogP contribution >= 0.6 is 0 Å². The summed E-state index contributed by atoms with van der Waals surface area (Å²) >= 11 is 0. The summed E-state index contributed by atoms with van der Waals surface area (Å²) in [5.41, 5.74) is 3.80. The molecule has 1 N–H and O–H groups in total. The van der Waals surface area contributed by atoms with Gasteiger partial charge in [0.05, 0.1) is 0 Å². The summed E-state index contributed by atoms with van der Waals surface area (Å²) in [6, 6.07) is 0. The Bertz CT molecular complexity index is 543. The molecule has 20 heavy (non-hydrogen) atoms. The predicted octanol–water partition coefficient (Wildman–Crippen LogP) is 2.74. The molecule has 1 atom stereocenters. The maximum Gasteiger partial charge on any atom is 0.185 e. The maximum atomic E-state index is 12.3. The molecule has 1 aliphatic heterocycles. The van der Waals surface area contributed by atoms with Gasteiger partial charge in [-0.25, -0.2) is 0 Å². The van der Waals surface area contributed by atoms with Crippen molar-refractivity contribution in [1.82, 2.24) is 5.32 Å². The molecule has 0 bridgehead atoms. The number of carbonyl (C=O) groups is 2. The largest absolute Gasteiger partial charge is 0.316 e. The van der Waals surface area contributed by atoms with Gasteiger partial charge in [0.2, 0.25) is 0 Å². The molecule has 1 saturated heterocycles. The zero-order valence-electron chi connectivity index (χ0n) is 12.8. The topological polar surface area (TPSA) is 46.2 Å². The minimum Gasteiger partial charge on any atom is -0.316 e. The highest BCUT2D eigenvalue weighted by molar-refractivity contribution is 6.24. The van der Waals surface area contributed by atoms with Crippen LogP contribution in [0.15, 0.2) is 33.9 Å². The number of nitrogens with one attached hydrogen (secondary N) is 1. The third kappa shape index (κ3) is 2.68. The summed E-state index contributed by atoms with van der Waals surface area (Å²) in [5, 5.41) is 3.35. The fourth-order valence-corrected chi connectivity index (χ4v) is 2.87. The van der Waals surface area contributed by atoms with Gasteiger partial charge in [-0.3, -0.25) is 9.59 Å². The molecule has 0 spiro atoms. The molecule has 1 unspecified atom stereocenters. The minimum absolute atomic E-state index is 0.0192. The van der Waals surface area contributed by atoms with E-state index in [-0.39, 0.29) is 11.6 Å². The van der Waals surface area contributed by atoms with Crippen LogP contribution in [0.3, 0.4) is 0 Å². The van der Waals surface area contributed by atoms with Crippen LogP contribution < -0.4 is 5.32 Å². The van der Waals surface area contributed by atoms with Crippen LogP contribution in [0, 0.1) is 5.92 Å². The highest BCUT2D eigenvalue weighted by atomic mass is 16.1. The van der Waals surface area contributed by atoms with E-state index < -0.39 is 0 Å². The Morgan fingerprint density at radius 3 is 2.40 bits per heavy atom. The normalized spacial score (nSPS) is 25.0. The molecular weight excluding hydrogens is 250 g/mol. The van der Waals surface area contributed by atoms with Crippen LogP contribution in [0.5, 0.6) is 0 Å². The van der Waals surface area contributed by atoms with E-state index in [0.29, 0.717) is 34.6 Å². The van der Waals surface area contributed by atoms with Gasteiger partial charge in [-0.2, -0.15) is 0 Å². The maximum absolute atomic E-state index is 12.3. The summed E-state index contributed by atoms with van der Waals surface area (Å²) in [6.07, 6.45) is 3.85. The SMILES string of the molecule is CC1=C(C)C(=O)C(C/C=C(\C)C2CCNC2)=C(C)C1=O. The molecule has 1 aliphatic carbocycles. The summed E-state index contributed by atoms with van der Waals surface area (Å²) in [5.74, 6) is 0.627. The van der Waals surface area contributed by atoms with E-state index in [2.05, 4.69) is 18.3 Å². The number of carbonyl (C=O) groups excluding carboxylic acids is 2. The van der Waals surface area contributed by atoms with Crippen molar-refractivity contribution in [3.8, 4) is 0 Å². The summed E-state index contributed by atoms with van der Waals surface area (Å²) in [7, 11) is 0. The van der Waals surface area contributed by atoms with Crippen molar-refractivity contribution in [2.75, 3.05) is 13.1 Å². The van der Waals surface area contributed by atoms with E-state index in [4.69, 9.17) is 0 Å². The Balaban J connectivity index is 2.18. The molecule has 2 rings (SSSR count).